The van der Waals surface area contributed by atoms with E-state index in [1.54, 1.807) is 11.0 Å². The molecule has 0 aliphatic carbocycles. The fraction of sp³-hybridized carbons (Fsp3) is 0.250. The minimum atomic E-state index is -0.742. The van der Waals surface area contributed by atoms with Crippen LogP contribution in [0.2, 0.25) is 5.02 Å². The maximum Gasteiger partial charge on any atom is 0.248 e. The number of rotatable bonds is 3. The maximum atomic E-state index is 12.3. The Bertz CT molecular complexity index is 787. The lowest BCUT2D eigenvalue weighted by Crippen LogP contribution is -2.50. The summed E-state index contributed by atoms with van der Waals surface area (Å²) in [5.74, 6) is -0.743. The molecule has 3 rings (SSSR count). The smallest absolute Gasteiger partial charge is 0.248 e. The molecule has 1 fully saturated rings. The van der Waals surface area contributed by atoms with Gasteiger partial charge in [-0.25, -0.2) is 0 Å². The van der Waals surface area contributed by atoms with Gasteiger partial charge in [0.1, 0.15) is 0 Å². The first-order chi connectivity index (χ1) is 11.1. The van der Waals surface area contributed by atoms with Crippen LogP contribution in [0.4, 0.5) is 0 Å². The number of primary amides is 1. The molecule has 0 radical (unpaired) electrons. The Morgan fingerprint density at radius 2 is 2.17 bits per heavy atom. The summed E-state index contributed by atoms with van der Waals surface area (Å²) >= 11 is 7.87. The predicted octanol–water partition coefficient (Wildman–Crippen LogP) is 2.28. The van der Waals surface area contributed by atoms with Crippen molar-refractivity contribution >= 4 is 50.9 Å². The van der Waals surface area contributed by atoms with Crippen molar-refractivity contribution in [2.75, 3.05) is 19.7 Å². The van der Waals surface area contributed by atoms with Crippen LogP contribution < -0.4 is 5.73 Å². The molecule has 1 aliphatic rings. The Balaban J connectivity index is 1.75. The van der Waals surface area contributed by atoms with E-state index in [2.05, 4.69) is 0 Å². The van der Waals surface area contributed by atoms with Gasteiger partial charge in [0, 0.05) is 27.6 Å². The normalized spacial score (nSPS) is 18.7. The Morgan fingerprint density at radius 1 is 1.39 bits per heavy atom. The number of nitrogens with zero attached hydrogens (tertiary/aromatic N) is 1. The van der Waals surface area contributed by atoms with Crippen LogP contribution in [0.25, 0.3) is 16.2 Å². The molecule has 1 aromatic heterocycles. The number of hydrogen-bond donors (Lipinski definition) is 1. The summed E-state index contributed by atoms with van der Waals surface area (Å²) in [6, 6.07) is 7.82. The Hall–Kier alpha value is -1.89. The molecule has 2 amide bonds. The second-order valence-electron chi connectivity index (χ2n) is 5.16. The molecule has 1 unspecified atom stereocenters. The van der Waals surface area contributed by atoms with Gasteiger partial charge in [0.25, 0.3) is 0 Å². The van der Waals surface area contributed by atoms with Crippen LogP contribution in [0.5, 0.6) is 0 Å². The third-order valence-electron chi connectivity index (χ3n) is 3.63. The Kier molecular flexibility index (Phi) is 4.66. The molecule has 120 valence electrons. The first kappa shape index (κ1) is 16.0. The summed E-state index contributed by atoms with van der Waals surface area (Å²) < 4.78 is 6.30. The second kappa shape index (κ2) is 6.70. The third kappa shape index (κ3) is 3.39. The number of carbonyl (C=O) groups is 2. The molecular formula is C16H15ClN2O3S. The van der Waals surface area contributed by atoms with Gasteiger partial charge >= 0.3 is 0 Å². The number of halogens is 1. The van der Waals surface area contributed by atoms with E-state index in [-0.39, 0.29) is 12.5 Å². The van der Waals surface area contributed by atoms with E-state index in [0.717, 1.165) is 15.0 Å². The number of fused-ring (bicyclic) bond motifs is 1. The Labute approximate surface area is 142 Å². The molecule has 23 heavy (non-hydrogen) atoms. The van der Waals surface area contributed by atoms with Crippen molar-refractivity contribution in [3.05, 3.63) is 40.2 Å². The number of thiophene rings is 1. The van der Waals surface area contributed by atoms with Crippen molar-refractivity contribution in [2.45, 2.75) is 6.10 Å². The van der Waals surface area contributed by atoms with Crippen molar-refractivity contribution in [3.8, 4) is 0 Å². The van der Waals surface area contributed by atoms with Crippen molar-refractivity contribution < 1.29 is 14.3 Å². The van der Waals surface area contributed by atoms with Crippen molar-refractivity contribution in [1.29, 1.82) is 0 Å². The van der Waals surface area contributed by atoms with Gasteiger partial charge in [-0.15, -0.1) is 11.3 Å². The second-order valence-corrected chi connectivity index (χ2v) is 6.62. The number of benzene rings is 1. The SMILES string of the molecule is NC(=O)C1CN(C(=O)C=Cc2sc3ccccc3c2Cl)CCO1. The van der Waals surface area contributed by atoms with Crippen LogP contribution in [0.15, 0.2) is 30.3 Å². The van der Waals surface area contributed by atoms with E-state index in [1.165, 1.54) is 17.4 Å². The molecule has 2 heterocycles. The average Bonchev–Trinajstić information content (AvgIpc) is 2.89. The third-order valence-corrected chi connectivity index (χ3v) is 5.29. The van der Waals surface area contributed by atoms with Gasteiger partial charge in [-0.3, -0.25) is 9.59 Å². The van der Waals surface area contributed by atoms with Crippen LogP contribution in [-0.2, 0) is 14.3 Å². The summed E-state index contributed by atoms with van der Waals surface area (Å²) in [5.41, 5.74) is 5.22. The fourth-order valence-electron chi connectivity index (χ4n) is 2.41. The largest absolute Gasteiger partial charge is 0.367 e. The highest BCUT2D eigenvalue weighted by molar-refractivity contribution is 7.20. The van der Waals surface area contributed by atoms with Crippen LogP contribution in [0, 0.1) is 0 Å². The van der Waals surface area contributed by atoms with Gasteiger partial charge in [-0.2, -0.15) is 0 Å². The first-order valence-corrected chi connectivity index (χ1v) is 8.30. The Morgan fingerprint density at radius 3 is 2.91 bits per heavy atom. The number of amides is 2. The number of ether oxygens (including phenoxy) is 1. The number of hydrogen-bond acceptors (Lipinski definition) is 4. The summed E-state index contributed by atoms with van der Waals surface area (Å²) in [7, 11) is 0. The number of nitrogens with two attached hydrogens (primary N) is 1. The van der Waals surface area contributed by atoms with Crippen LogP contribution in [-0.4, -0.2) is 42.5 Å². The molecule has 2 N–H and O–H groups in total. The average molecular weight is 351 g/mol. The van der Waals surface area contributed by atoms with Crippen LogP contribution >= 0.6 is 22.9 Å². The minimum Gasteiger partial charge on any atom is -0.367 e. The van der Waals surface area contributed by atoms with E-state index < -0.39 is 12.0 Å². The summed E-state index contributed by atoms with van der Waals surface area (Å²) in [6.45, 7) is 0.919. The van der Waals surface area contributed by atoms with Crippen LogP contribution in [0.3, 0.4) is 0 Å². The van der Waals surface area contributed by atoms with Gasteiger partial charge in [-0.1, -0.05) is 29.8 Å². The molecular weight excluding hydrogens is 336 g/mol. The van der Waals surface area contributed by atoms with E-state index in [9.17, 15) is 9.59 Å². The van der Waals surface area contributed by atoms with Crippen molar-refractivity contribution in [1.82, 2.24) is 4.90 Å². The zero-order chi connectivity index (χ0) is 16.4. The monoisotopic (exact) mass is 350 g/mol. The van der Waals surface area contributed by atoms with E-state index in [0.29, 0.717) is 18.2 Å². The molecule has 2 aromatic rings. The topological polar surface area (TPSA) is 72.6 Å². The lowest BCUT2D eigenvalue weighted by molar-refractivity contribution is -0.142. The summed E-state index contributed by atoms with van der Waals surface area (Å²) in [6.07, 6.45) is 2.44. The summed E-state index contributed by atoms with van der Waals surface area (Å²) in [5, 5.41) is 1.62. The number of carbonyl (C=O) groups excluding carboxylic acids is 2. The molecule has 5 nitrogen and oxygen atoms in total. The van der Waals surface area contributed by atoms with E-state index >= 15 is 0 Å². The standard InChI is InChI=1S/C16H15ClN2O3S/c17-15-10-3-1-2-4-12(10)23-13(15)5-6-14(20)19-7-8-22-11(9-19)16(18)21/h1-6,11H,7-9H2,(H2,18,21). The fourth-order valence-corrected chi connectivity index (χ4v) is 3.81. The first-order valence-electron chi connectivity index (χ1n) is 7.11. The quantitative estimate of drug-likeness (QED) is 0.863. The molecule has 1 aliphatic heterocycles. The summed E-state index contributed by atoms with van der Waals surface area (Å²) in [4.78, 5) is 25.8. The van der Waals surface area contributed by atoms with Gasteiger partial charge in [0.05, 0.1) is 18.2 Å². The van der Waals surface area contributed by atoms with Gasteiger partial charge in [0.15, 0.2) is 6.10 Å². The molecule has 1 saturated heterocycles. The predicted molar refractivity (Wildman–Crippen MR) is 91.4 cm³/mol. The molecule has 0 bridgehead atoms. The highest BCUT2D eigenvalue weighted by Crippen LogP contribution is 2.35. The zero-order valence-electron chi connectivity index (χ0n) is 12.2. The molecule has 0 saturated carbocycles. The number of morpholine rings is 1. The lowest BCUT2D eigenvalue weighted by Gasteiger charge is -2.30. The van der Waals surface area contributed by atoms with Crippen molar-refractivity contribution in [2.24, 2.45) is 5.73 Å². The molecule has 1 aromatic carbocycles. The highest BCUT2D eigenvalue weighted by atomic mass is 35.5. The minimum absolute atomic E-state index is 0.179. The van der Waals surface area contributed by atoms with Gasteiger partial charge in [0.2, 0.25) is 11.8 Å². The zero-order valence-corrected chi connectivity index (χ0v) is 13.8. The van der Waals surface area contributed by atoms with Gasteiger partial charge in [-0.05, 0) is 12.1 Å². The highest BCUT2D eigenvalue weighted by Gasteiger charge is 2.26. The van der Waals surface area contributed by atoms with E-state index in [1.807, 2.05) is 24.3 Å². The molecule has 1 atom stereocenters. The van der Waals surface area contributed by atoms with Crippen molar-refractivity contribution in [3.63, 3.8) is 0 Å². The molecule has 0 spiro atoms. The van der Waals surface area contributed by atoms with E-state index in [4.69, 9.17) is 22.1 Å². The molecule has 7 heteroatoms. The maximum absolute atomic E-state index is 12.3. The van der Waals surface area contributed by atoms with Crippen LogP contribution in [0.1, 0.15) is 4.88 Å². The lowest BCUT2D eigenvalue weighted by atomic mass is 10.2. The van der Waals surface area contributed by atoms with Gasteiger partial charge < -0.3 is 15.4 Å².